The third-order valence-corrected chi connectivity index (χ3v) is 2.47. The average Bonchev–Trinajstić information content (AvgIpc) is 2.32. The summed E-state index contributed by atoms with van der Waals surface area (Å²) in [7, 11) is 0. The second-order valence-electron chi connectivity index (χ2n) is 4.05. The highest BCUT2D eigenvalue weighted by Gasteiger charge is 2.09. The molecule has 0 unspecified atom stereocenters. The number of nitrogen functional groups attached to an aromatic ring is 2. The molecule has 0 fully saturated rings. The molecule has 0 aliphatic heterocycles. The lowest BCUT2D eigenvalue weighted by molar-refractivity contribution is 0.102. The molecule has 6 heteroatoms. The third-order valence-electron chi connectivity index (χ3n) is 2.47. The zero-order valence-corrected chi connectivity index (χ0v) is 9.92. The van der Waals surface area contributed by atoms with Crippen LogP contribution in [0.25, 0.3) is 0 Å². The van der Waals surface area contributed by atoms with Crippen LogP contribution >= 0.6 is 0 Å². The van der Waals surface area contributed by atoms with Crippen LogP contribution in [-0.2, 0) is 0 Å². The average molecular weight is 259 g/mol. The fraction of sp³-hybridized carbons (Fsp3) is 0. The number of nitrogens with one attached hydrogen (secondary N) is 1. The van der Waals surface area contributed by atoms with Gasteiger partial charge in [0.2, 0.25) is 0 Å². The van der Waals surface area contributed by atoms with Gasteiger partial charge in [-0.05, 0) is 30.3 Å². The van der Waals surface area contributed by atoms with Crippen LogP contribution in [0.4, 0.5) is 17.1 Å². The first kappa shape index (κ1) is 12.6. The summed E-state index contributed by atoms with van der Waals surface area (Å²) in [6.45, 7) is 0. The molecule has 0 aromatic heterocycles. The summed E-state index contributed by atoms with van der Waals surface area (Å²) in [5, 5.41) is 21.1. The van der Waals surface area contributed by atoms with E-state index in [4.69, 9.17) is 11.5 Å². The van der Waals surface area contributed by atoms with Crippen LogP contribution in [0.2, 0.25) is 0 Å². The molecule has 0 atom stereocenters. The van der Waals surface area contributed by atoms with Crippen molar-refractivity contribution in [2.75, 3.05) is 16.8 Å². The zero-order chi connectivity index (χ0) is 14.0. The maximum Gasteiger partial charge on any atom is 0.255 e. The van der Waals surface area contributed by atoms with Crippen molar-refractivity contribution in [1.29, 1.82) is 0 Å². The highest BCUT2D eigenvalue weighted by Crippen LogP contribution is 2.27. The number of carbonyl (C=O) groups is 1. The second-order valence-corrected chi connectivity index (χ2v) is 4.05. The van der Waals surface area contributed by atoms with Crippen LogP contribution in [0.3, 0.4) is 0 Å². The van der Waals surface area contributed by atoms with Gasteiger partial charge < -0.3 is 27.0 Å². The lowest BCUT2D eigenvalue weighted by Crippen LogP contribution is -2.12. The number of nitrogens with two attached hydrogens (primary N) is 2. The maximum absolute atomic E-state index is 11.9. The molecule has 1 amide bonds. The second kappa shape index (κ2) is 4.77. The number of rotatable bonds is 2. The van der Waals surface area contributed by atoms with E-state index in [1.165, 1.54) is 30.3 Å². The van der Waals surface area contributed by atoms with Crippen LogP contribution in [0.1, 0.15) is 10.4 Å². The van der Waals surface area contributed by atoms with Crippen LogP contribution in [0, 0.1) is 0 Å². The Morgan fingerprint density at radius 1 is 0.947 bits per heavy atom. The van der Waals surface area contributed by atoms with Crippen molar-refractivity contribution in [3.63, 3.8) is 0 Å². The molecule has 0 saturated carbocycles. The first-order chi connectivity index (χ1) is 8.95. The molecule has 0 saturated heterocycles. The van der Waals surface area contributed by atoms with E-state index in [9.17, 15) is 15.0 Å². The normalized spacial score (nSPS) is 10.1. The molecule has 0 bridgehead atoms. The lowest BCUT2D eigenvalue weighted by atomic mass is 10.1. The minimum atomic E-state index is -0.413. The maximum atomic E-state index is 11.9. The van der Waals surface area contributed by atoms with Gasteiger partial charge in [-0.3, -0.25) is 4.79 Å². The van der Waals surface area contributed by atoms with Gasteiger partial charge in [0.25, 0.3) is 5.91 Å². The van der Waals surface area contributed by atoms with Gasteiger partial charge in [-0.1, -0.05) is 0 Å². The van der Waals surface area contributed by atoms with Crippen LogP contribution in [-0.4, -0.2) is 16.1 Å². The summed E-state index contributed by atoms with van der Waals surface area (Å²) >= 11 is 0. The molecule has 2 aromatic carbocycles. The molecule has 98 valence electrons. The van der Waals surface area contributed by atoms with Crippen molar-refractivity contribution in [3.05, 3.63) is 42.0 Å². The van der Waals surface area contributed by atoms with Crippen LogP contribution in [0.15, 0.2) is 36.4 Å². The van der Waals surface area contributed by atoms with Gasteiger partial charge in [0.15, 0.2) is 11.5 Å². The molecule has 0 aliphatic carbocycles. The van der Waals surface area contributed by atoms with E-state index in [-0.39, 0.29) is 11.5 Å². The van der Waals surface area contributed by atoms with Gasteiger partial charge in [0, 0.05) is 28.7 Å². The van der Waals surface area contributed by atoms with Crippen molar-refractivity contribution in [2.24, 2.45) is 0 Å². The number of amides is 1. The Kier molecular flexibility index (Phi) is 3.15. The standard InChI is InChI=1S/C13H13N3O3/c14-8-3-7(4-9(15)5-8)13(19)16-10-1-2-11(17)12(18)6-10/h1-6,17-18H,14-15H2,(H,16,19). The molecule has 0 aliphatic rings. The first-order valence-corrected chi connectivity index (χ1v) is 5.45. The largest absolute Gasteiger partial charge is 0.504 e. The topological polar surface area (TPSA) is 122 Å². The van der Waals surface area contributed by atoms with Gasteiger partial charge >= 0.3 is 0 Å². The smallest absolute Gasteiger partial charge is 0.255 e. The molecule has 6 nitrogen and oxygen atoms in total. The Balaban J connectivity index is 2.22. The minimum absolute atomic E-state index is 0.258. The number of phenolic OH excluding ortho intramolecular Hbond substituents is 2. The fourth-order valence-electron chi connectivity index (χ4n) is 1.61. The number of carbonyl (C=O) groups excluding carboxylic acids is 1. The van der Waals surface area contributed by atoms with Crippen molar-refractivity contribution in [1.82, 2.24) is 0 Å². The molecular weight excluding hydrogens is 246 g/mol. The minimum Gasteiger partial charge on any atom is -0.504 e. The highest BCUT2D eigenvalue weighted by molar-refractivity contribution is 6.05. The predicted molar refractivity (Wildman–Crippen MR) is 73.0 cm³/mol. The number of hydrogen-bond acceptors (Lipinski definition) is 5. The summed E-state index contributed by atoms with van der Waals surface area (Å²) in [5.74, 6) is -0.986. The molecule has 0 radical (unpaired) electrons. The Hall–Kier alpha value is -2.89. The molecule has 19 heavy (non-hydrogen) atoms. The number of phenols is 2. The van der Waals surface area contributed by atoms with Gasteiger partial charge in [-0.15, -0.1) is 0 Å². The van der Waals surface area contributed by atoms with Crippen molar-refractivity contribution >= 4 is 23.0 Å². The highest BCUT2D eigenvalue weighted by atomic mass is 16.3. The first-order valence-electron chi connectivity index (χ1n) is 5.45. The Labute approximate surface area is 109 Å². The summed E-state index contributed by atoms with van der Waals surface area (Å²) in [5.41, 5.74) is 12.6. The number of hydrogen-bond donors (Lipinski definition) is 5. The quantitative estimate of drug-likeness (QED) is 0.318. The Morgan fingerprint density at radius 2 is 1.58 bits per heavy atom. The van der Waals surface area contributed by atoms with E-state index in [0.29, 0.717) is 22.6 Å². The molecular formula is C13H13N3O3. The predicted octanol–water partition coefficient (Wildman–Crippen LogP) is 1.51. The summed E-state index contributed by atoms with van der Waals surface area (Å²) in [4.78, 5) is 11.9. The van der Waals surface area contributed by atoms with E-state index in [1.54, 1.807) is 6.07 Å². The monoisotopic (exact) mass is 259 g/mol. The lowest BCUT2D eigenvalue weighted by Gasteiger charge is -2.08. The Bertz CT molecular complexity index is 621. The van der Waals surface area contributed by atoms with Crippen molar-refractivity contribution in [3.8, 4) is 11.5 Å². The molecule has 0 heterocycles. The van der Waals surface area contributed by atoms with Gasteiger partial charge in [0.1, 0.15) is 0 Å². The van der Waals surface area contributed by atoms with Crippen LogP contribution < -0.4 is 16.8 Å². The SMILES string of the molecule is Nc1cc(N)cc(C(=O)Nc2ccc(O)c(O)c2)c1. The molecule has 0 spiro atoms. The zero-order valence-electron chi connectivity index (χ0n) is 9.92. The third kappa shape index (κ3) is 2.86. The number of aromatic hydroxyl groups is 2. The van der Waals surface area contributed by atoms with Crippen molar-refractivity contribution in [2.45, 2.75) is 0 Å². The Morgan fingerprint density at radius 3 is 2.16 bits per heavy atom. The number of anilines is 3. The van der Waals surface area contributed by atoms with E-state index in [1.807, 2.05) is 0 Å². The van der Waals surface area contributed by atoms with Gasteiger partial charge in [0.05, 0.1) is 0 Å². The van der Waals surface area contributed by atoms with E-state index >= 15 is 0 Å². The fourth-order valence-corrected chi connectivity index (χ4v) is 1.61. The van der Waals surface area contributed by atoms with E-state index in [2.05, 4.69) is 5.32 Å². The van der Waals surface area contributed by atoms with Gasteiger partial charge in [-0.2, -0.15) is 0 Å². The molecule has 2 rings (SSSR count). The summed E-state index contributed by atoms with van der Waals surface area (Å²) in [6.07, 6.45) is 0. The number of benzene rings is 2. The summed E-state index contributed by atoms with van der Waals surface area (Å²) < 4.78 is 0. The van der Waals surface area contributed by atoms with Gasteiger partial charge in [-0.25, -0.2) is 0 Å². The van der Waals surface area contributed by atoms with E-state index < -0.39 is 5.91 Å². The molecule has 7 N–H and O–H groups in total. The van der Waals surface area contributed by atoms with Crippen molar-refractivity contribution < 1.29 is 15.0 Å². The van der Waals surface area contributed by atoms with E-state index in [0.717, 1.165) is 0 Å². The van der Waals surface area contributed by atoms with Crippen LogP contribution in [0.5, 0.6) is 11.5 Å². The molecule has 2 aromatic rings. The summed E-state index contributed by atoms with van der Waals surface area (Å²) in [6, 6.07) is 8.51.